The van der Waals surface area contributed by atoms with Gasteiger partial charge in [0, 0.05) is 12.2 Å². The summed E-state index contributed by atoms with van der Waals surface area (Å²) in [5.41, 5.74) is 0.575. The predicted molar refractivity (Wildman–Crippen MR) is 90.9 cm³/mol. The van der Waals surface area contributed by atoms with Crippen molar-refractivity contribution in [3.05, 3.63) is 28.2 Å². The molecule has 0 aromatic heterocycles. The first-order chi connectivity index (χ1) is 10.3. The number of benzene rings is 1. The van der Waals surface area contributed by atoms with E-state index in [1.165, 1.54) is 18.7 Å². The molecule has 0 saturated carbocycles. The minimum absolute atomic E-state index is 0.0183. The molecule has 5 nitrogen and oxygen atoms in total. The van der Waals surface area contributed by atoms with E-state index in [4.69, 9.17) is 23.2 Å². The van der Waals surface area contributed by atoms with Crippen molar-refractivity contribution in [3.8, 4) is 0 Å². The van der Waals surface area contributed by atoms with Crippen LogP contribution in [-0.4, -0.2) is 42.3 Å². The summed E-state index contributed by atoms with van der Waals surface area (Å²) < 4.78 is 23.8. The summed E-state index contributed by atoms with van der Waals surface area (Å²) in [5.74, 6) is -0.244. The second-order valence-electron chi connectivity index (χ2n) is 5.16. The van der Waals surface area contributed by atoms with Gasteiger partial charge in [-0.2, -0.15) is 4.99 Å². The van der Waals surface area contributed by atoms with E-state index in [1.54, 1.807) is 23.1 Å². The highest BCUT2D eigenvalue weighted by atomic mass is 35.5. The molecule has 2 fully saturated rings. The zero-order valence-corrected chi connectivity index (χ0v) is 14.6. The van der Waals surface area contributed by atoms with Crippen molar-refractivity contribution in [2.24, 2.45) is 4.99 Å². The first-order valence-corrected chi connectivity index (χ1v) is 9.94. The maximum atomic E-state index is 11.9. The summed E-state index contributed by atoms with van der Waals surface area (Å²) in [6.07, 6.45) is 0. The number of aliphatic imine (C=N–C) groups is 1. The first kappa shape index (κ1) is 16.1. The van der Waals surface area contributed by atoms with Crippen molar-refractivity contribution >= 4 is 61.6 Å². The number of carbonyl (C=O) groups excluding carboxylic acids is 1. The number of sulfone groups is 1. The van der Waals surface area contributed by atoms with E-state index in [-0.39, 0.29) is 28.7 Å². The molecule has 2 aliphatic heterocycles. The molecule has 0 N–H and O–H groups in total. The fourth-order valence-electron chi connectivity index (χ4n) is 2.66. The Kier molecular flexibility index (Phi) is 4.18. The molecular weight excluding hydrogens is 367 g/mol. The number of nitrogens with zero attached hydrogens (tertiary/aromatic N) is 2. The average molecular weight is 379 g/mol. The van der Waals surface area contributed by atoms with Crippen LogP contribution in [0.2, 0.25) is 10.0 Å². The van der Waals surface area contributed by atoms with Crippen LogP contribution in [0.25, 0.3) is 0 Å². The minimum Gasteiger partial charge on any atom is -0.314 e. The minimum atomic E-state index is -3.10. The number of halogens is 2. The molecule has 3 rings (SSSR count). The van der Waals surface area contributed by atoms with E-state index in [9.17, 15) is 13.2 Å². The van der Waals surface area contributed by atoms with Gasteiger partial charge in [-0.3, -0.25) is 4.79 Å². The van der Waals surface area contributed by atoms with E-state index >= 15 is 0 Å². The lowest BCUT2D eigenvalue weighted by Gasteiger charge is -2.25. The summed E-state index contributed by atoms with van der Waals surface area (Å²) >= 11 is 13.6. The second kappa shape index (κ2) is 5.70. The number of carbonyl (C=O) groups is 1. The van der Waals surface area contributed by atoms with Gasteiger partial charge in [0.25, 0.3) is 0 Å². The molecule has 2 heterocycles. The lowest BCUT2D eigenvalue weighted by molar-refractivity contribution is -0.115. The molecule has 0 unspecified atom stereocenters. The lowest BCUT2D eigenvalue weighted by atomic mass is 10.2. The molecule has 0 bridgehead atoms. The third-order valence-electron chi connectivity index (χ3n) is 3.51. The molecule has 2 saturated heterocycles. The van der Waals surface area contributed by atoms with Gasteiger partial charge >= 0.3 is 0 Å². The highest BCUT2D eigenvalue weighted by molar-refractivity contribution is 8.16. The van der Waals surface area contributed by atoms with Crippen molar-refractivity contribution in [3.63, 3.8) is 0 Å². The van der Waals surface area contributed by atoms with Crippen molar-refractivity contribution in [2.75, 3.05) is 16.4 Å². The van der Waals surface area contributed by atoms with E-state index in [1.807, 2.05) is 0 Å². The topological polar surface area (TPSA) is 66.8 Å². The Morgan fingerprint density at radius 3 is 2.77 bits per heavy atom. The molecule has 0 aliphatic carbocycles. The van der Waals surface area contributed by atoms with Gasteiger partial charge in [-0.1, -0.05) is 41.0 Å². The molecular formula is C13H12Cl2N2O3S2. The fraction of sp³-hybridized carbons (Fsp3) is 0.385. The Balaban J connectivity index is 2.10. The summed E-state index contributed by atoms with van der Waals surface area (Å²) in [4.78, 5) is 17.1. The van der Waals surface area contributed by atoms with Crippen LogP contribution >= 0.6 is 35.0 Å². The second-order valence-corrected chi connectivity index (χ2v) is 9.30. The number of hydrogen-bond donors (Lipinski definition) is 0. The third-order valence-corrected chi connectivity index (χ3v) is 7.53. The third kappa shape index (κ3) is 2.87. The SMILES string of the molecule is CC(=O)N=C1S[C@H]2CS(=O)(=O)C[C@H]2N1c1cccc(Cl)c1Cl. The van der Waals surface area contributed by atoms with Crippen molar-refractivity contribution in [1.29, 1.82) is 0 Å². The lowest BCUT2D eigenvalue weighted by Crippen LogP contribution is -2.37. The Morgan fingerprint density at radius 1 is 1.36 bits per heavy atom. The molecule has 9 heteroatoms. The van der Waals surface area contributed by atoms with Crippen LogP contribution in [0.15, 0.2) is 23.2 Å². The van der Waals surface area contributed by atoms with Gasteiger partial charge in [-0.25, -0.2) is 8.42 Å². The van der Waals surface area contributed by atoms with Crippen molar-refractivity contribution in [1.82, 2.24) is 0 Å². The Labute approximate surface area is 142 Å². The van der Waals surface area contributed by atoms with Gasteiger partial charge in [0.15, 0.2) is 15.0 Å². The number of rotatable bonds is 1. The zero-order valence-electron chi connectivity index (χ0n) is 11.5. The molecule has 2 aliphatic rings. The number of amidine groups is 1. The highest BCUT2D eigenvalue weighted by Gasteiger charge is 2.49. The molecule has 1 aromatic rings. The van der Waals surface area contributed by atoms with E-state index in [0.29, 0.717) is 20.9 Å². The van der Waals surface area contributed by atoms with Crippen molar-refractivity contribution in [2.45, 2.75) is 18.2 Å². The van der Waals surface area contributed by atoms with Crippen LogP contribution in [0.5, 0.6) is 0 Å². The fourth-order valence-corrected chi connectivity index (χ4v) is 7.00. The normalized spacial score (nSPS) is 28.1. The quantitative estimate of drug-likeness (QED) is 0.751. The Hall–Kier alpha value is -0.760. The average Bonchev–Trinajstić information content (AvgIpc) is 2.84. The van der Waals surface area contributed by atoms with E-state index < -0.39 is 9.84 Å². The van der Waals surface area contributed by atoms with E-state index in [2.05, 4.69) is 4.99 Å². The highest BCUT2D eigenvalue weighted by Crippen LogP contribution is 2.44. The Morgan fingerprint density at radius 2 is 2.09 bits per heavy atom. The molecule has 2 atom stereocenters. The van der Waals surface area contributed by atoms with Gasteiger partial charge < -0.3 is 4.90 Å². The van der Waals surface area contributed by atoms with Crippen LogP contribution < -0.4 is 4.90 Å². The molecule has 0 spiro atoms. The molecule has 1 amide bonds. The summed E-state index contributed by atoms with van der Waals surface area (Å²) in [5, 5.41) is 1.02. The number of anilines is 1. The summed E-state index contributed by atoms with van der Waals surface area (Å²) in [7, 11) is -3.10. The maximum absolute atomic E-state index is 11.9. The van der Waals surface area contributed by atoms with Crippen LogP contribution in [-0.2, 0) is 14.6 Å². The van der Waals surface area contributed by atoms with Gasteiger partial charge in [0.05, 0.1) is 33.3 Å². The smallest absolute Gasteiger partial charge is 0.244 e. The number of hydrogen-bond acceptors (Lipinski definition) is 4. The van der Waals surface area contributed by atoms with E-state index in [0.717, 1.165) is 0 Å². The molecule has 0 radical (unpaired) electrons. The number of fused-ring (bicyclic) bond motifs is 1. The van der Waals surface area contributed by atoms with Gasteiger partial charge in [0.1, 0.15) is 0 Å². The number of thioether (sulfide) groups is 1. The standard InChI is InChI=1S/C13H12Cl2N2O3S2/c1-7(18)16-13-17(9-4-2-3-8(14)12(9)15)10-5-22(19,20)6-11(10)21-13/h2-4,10-11H,5-6H2,1H3/t10-,11+/m1/s1. The van der Waals surface area contributed by atoms with Crippen molar-refractivity contribution < 1.29 is 13.2 Å². The zero-order chi connectivity index (χ0) is 16.1. The van der Waals surface area contributed by atoms with Crippen LogP contribution in [0, 0.1) is 0 Å². The predicted octanol–water partition coefficient (Wildman–Crippen LogP) is 2.61. The molecule has 1 aromatic carbocycles. The summed E-state index contributed by atoms with van der Waals surface area (Å²) in [6.45, 7) is 1.36. The molecule has 22 heavy (non-hydrogen) atoms. The maximum Gasteiger partial charge on any atom is 0.244 e. The Bertz CT molecular complexity index is 779. The first-order valence-electron chi connectivity index (χ1n) is 6.48. The molecule has 118 valence electrons. The summed E-state index contributed by atoms with van der Waals surface area (Å²) in [6, 6.07) is 4.85. The largest absolute Gasteiger partial charge is 0.314 e. The number of amides is 1. The van der Waals surface area contributed by atoms with Crippen LogP contribution in [0.1, 0.15) is 6.92 Å². The monoisotopic (exact) mass is 378 g/mol. The van der Waals surface area contributed by atoms with Gasteiger partial charge in [0.2, 0.25) is 5.91 Å². The van der Waals surface area contributed by atoms with Gasteiger partial charge in [-0.15, -0.1) is 0 Å². The van der Waals surface area contributed by atoms with Crippen LogP contribution in [0.4, 0.5) is 5.69 Å². The van der Waals surface area contributed by atoms with Crippen LogP contribution in [0.3, 0.4) is 0 Å². The van der Waals surface area contributed by atoms with Gasteiger partial charge in [-0.05, 0) is 12.1 Å².